The maximum Gasteiger partial charge on any atom is 0.416 e. The van der Waals surface area contributed by atoms with Crippen molar-refractivity contribution in [3.05, 3.63) is 64.7 Å². The van der Waals surface area contributed by atoms with Gasteiger partial charge in [0.05, 0.1) is 27.9 Å². The van der Waals surface area contributed by atoms with Gasteiger partial charge in [-0.2, -0.15) is 13.2 Å². The molecule has 0 radical (unpaired) electrons. The molecule has 2 aromatic rings. The molecule has 2 aliphatic carbocycles. The zero-order valence-corrected chi connectivity index (χ0v) is 23.3. The van der Waals surface area contributed by atoms with Gasteiger partial charge in [-0.3, -0.25) is 4.79 Å². The molecule has 6 nitrogen and oxygen atoms in total. The number of nitrogens with one attached hydrogen (secondary N) is 2. The van der Waals surface area contributed by atoms with Crippen LogP contribution in [0.25, 0.3) is 0 Å². The van der Waals surface area contributed by atoms with E-state index in [0.29, 0.717) is 6.07 Å². The molecule has 214 valence electrons. The molecule has 2 aromatic carbocycles. The Hall–Kier alpha value is -2.43. The minimum absolute atomic E-state index is 0.00724. The quantitative estimate of drug-likeness (QED) is 0.434. The summed E-state index contributed by atoms with van der Waals surface area (Å²) in [6.45, 7) is 7.06. The highest BCUT2D eigenvalue weighted by Gasteiger charge is 2.44. The average molecular weight is 567 g/mol. The molecule has 0 spiro atoms. The molecule has 0 saturated heterocycles. The first kappa shape index (κ1) is 29.6. The molecule has 1 fully saturated rings. The number of hydrogen-bond acceptors (Lipinski definition) is 5. The van der Waals surface area contributed by atoms with E-state index in [0.717, 1.165) is 49.6 Å². The normalized spacial score (nSPS) is 23.9. The van der Waals surface area contributed by atoms with Crippen molar-refractivity contribution < 1.29 is 31.5 Å². The molecular formula is C29H37F3N2O4S. The number of halogens is 3. The third kappa shape index (κ3) is 7.21. The summed E-state index contributed by atoms with van der Waals surface area (Å²) in [4.78, 5) is 12.7. The molecule has 0 heterocycles. The van der Waals surface area contributed by atoms with Gasteiger partial charge in [-0.05, 0) is 93.7 Å². The van der Waals surface area contributed by atoms with Gasteiger partial charge in [-0.15, -0.1) is 0 Å². The van der Waals surface area contributed by atoms with E-state index in [9.17, 15) is 31.5 Å². The fourth-order valence-corrected chi connectivity index (χ4v) is 7.76. The van der Waals surface area contributed by atoms with E-state index in [2.05, 4.69) is 37.5 Å². The van der Waals surface area contributed by atoms with Crippen LogP contribution in [0.3, 0.4) is 0 Å². The zero-order chi connectivity index (χ0) is 28.6. The van der Waals surface area contributed by atoms with E-state index in [1.54, 1.807) is 0 Å². The predicted molar refractivity (Wildman–Crippen MR) is 143 cm³/mol. The molecule has 2 aliphatic rings. The summed E-state index contributed by atoms with van der Waals surface area (Å²) in [5.74, 6) is -1.02. The summed E-state index contributed by atoms with van der Waals surface area (Å²) in [7, 11) is -4.20. The predicted octanol–water partition coefficient (Wildman–Crippen LogP) is 5.09. The molecule has 10 heteroatoms. The maximum atomic E-state index is 13.3. The number of aliphatic hydroxyl groups excluding tert-OH is 1. The van der Waals surface area contributed by atoms with Crippen LogP contribution in [0.1, 0.15) is 81.2 Å². The molecule has 0 aromatic heterocycles. The van der Waals surface area contributed by atoms with E-state index in [1.807, 2.05) is 12.1 Å². The summed E-state index contributed by atoms with van der Waals surface area (Å²) in [5.41, 5.74) is 2.34. The summed E-state index contributed by atoms with van der Waals surface area (Å²) in [6.07, 6.45) is -3.18. The van der Waals surface area contributed by atoms with Gasteiger partial charge in [-0.1, -0.05) is 24.3 Å². The zero-order valence-electron chi connectivity index (χ0n) is 22.5. The second-order valence-corrected chi connectivity index (χ2v) is 14.0. The van der Waals surface area contributed by atoms with E-state index in [1.165, 1.54) is 11.1 Å². The van der Waals surface area contributed by atoms with Crippen LogP contribution in [-0.4, -0.2) is 36.3 Å². The fraction of sp³-hybridized carbons (Fsp3) is 0.552. The van der Waals surface area contributed by atoms with Crippen molar-refractivity contribution in [1.29, 1.82) is 0 Å². The van der Waals surface area contributed by atoms with Crippen LogP contribution in [0.2, 0.25) is 0 Å². The second kappa shape index (κ2) is 11.2. The highest BCUT2D eigenvalue weighted by atomic mass is 32.2. The third-order valence-corrected chi connectivity index (χ3v) is 9.91. The number of aryl methyl sites for hydroxylation is 1. The van der Waals surface area contributed by atoms with Crippen molar-refractivity contribution in [3.63, 3.8) is 0 Å². The van der Waals surface area contributed by atoms with Crippen molar-refractivity contribution in [2.75, 3.05) is 0 Å². The van der Waals surface area contributed by atoms with Crippen molar-refractivity contribution >= 4 is 15.7 Å². The van der Waals surface area contributed by atoms with Gasteiger partial charge >= 0.3 is 6.18 Å². The summed E-state index contributed by atoms with van der Waals surface area (Å²) >= 11 is 0. The summed E-state index contributed by atoms with van der Waals surface area (Å²) in [6, 6.07) is 9.70. The third-order valence-electron chi connectivity index (χ3n) is 7.62. The van der Waals surface area contributed by atoms with Crippen LogP contribution in [0, 0.1) is 5.92 Å². The first-order valence-corrected chi connectivity index (χ1v) is 14.9. The molecule has 1 amide bonds. The van der Waals surface area contributed by atoms with Gasteiger partial charge in [0.2, 0.25) is 5.91 Å². The van der Waals surface area contributed by atoms with Crippen LogP contribution in [0.5, 0.6) is 0 Å². The van der Waals surface area contributed by atoms with Gasteiger partial charge in [0.1, 0.15) is 0 Å². The van der Waals surface area contributed by atoms with Crippen molar-refractivity contribution in [2.45, 2.75) is 99.8 Å². The van der Waals surface area contributed by atoms with E-state index in [-0.39, 0.29) is 36.8 Å². The minimum atomic E-state index is -4.68. The van der Waals surface area contributed by atoms with Crippen molar-refractivity contribution in [3.8, 4) is 0 Å². The van der Waals surface area contributed by atoms with E-state index >= 15 is 0 Å². The highest BCUT2D eigenvalue weighted by Crippen LogP contribution is 2.39. The van der Waals surface area contributed by atoms with Crippen LogP contribution in [0.4, 0.5) is 13.2 Å². The fourth-order valence-electron chi connectivity index (χ4n) is 5.66. The molecule has 0 aliphatic heterocycles. The number of carbonyl (C=O) groups is 1. The Morgan fingerprint density at radius 2 is 1.82 bits per heavy atom. The monoisotopic (exact) mass is 566 g/mol. The average Bonchev–Trinajstić information content (AvgIpc) is 3.22. The highest BCUT2D eigenvalue weighted by molar-refractivity contribution is 7.92. The van der Waals surface area contributed by atoms with Gasteiger partial charge in [-0.25, -0.2) is 8.42 Å². The lowest BCUT2D eigenvalue weighted by atomic mass is 9.86. The molecular weight excluding hydrogens is 529 g/mol. The largest absolute Gasteiger partial charge is 0.416 e. The minimum Gasteiger partial charge on any atom is -0.393 e. The van der Waals surface area contributed by atoms with Gasteiger partial charge < -0.3 is 15.7 Å². The standard InChI is InChI=1S/C29H37F3N2O4S/c1-28(2,3)33-17-18-10-11-24-19(12-18)6-4-9-25(24)34-27(36)14-20-13-22(35)16-26(20)39(37,38)23-8-5-7-21(15-23)29(30,31)32/h5,7-8,10-12,15,20,22,25-26,33,35H,4,6,9,13-14,16-17H2,1-3H3,(H,34,36)/t20-,22+,25+,26?/m0/s1. The second-order valence-electron chi connectivity index (χ2n) is 11.8. The smallest absolute Gasteiger partial charge is 0.393 e. The number of rotatable bonds is 7. The Labute approximate surface area is 228 Å². The van der Waals surface area contributed by atoms with Crippen LogP contribution >= 0.6 is 0 Å². The molecule has 3 N–H and O–H groups in total. The lowest BCUT2D eigenvalue weighted by Gasteiger charge is -2.28. The van der Waals surface area contributed by atoms with Crippen LogP contribution in [-0.2, 0) is 33.8 Å². The Morgan fingerprint density at radius 3 is 2.51 bits per heavy atom. The molecule has 0 bridgehead atoms. The van der Waals surface area contributed by atoms with Crippen LogP contribution in [0.15, 0.2) is 47.4 Å². The molecule has 4 atom stereocenters. The first-order valence-electron chi connectivity index (χ1n) is 13.4. The van der Waals surface area contributed by atoms with E-state index in [4.69, 9.17) is 0 Å². The van der Waals surface area contributed by atoms with Gasteiger partial charge in [0.25, 0.3) is 0 Å². The SMILES string of the molecule is CC(C)(C)NCc1ccc2c(c1)CCC[C@H]2NC(=O)C[C@@H]1C[C@@H](O)CC1S(=O)(=O)c1cccc(C(F)(F)F)c1. The van der Waals surface area contributed by atoms with Crippen molar-refractivity contribution in [2.24, 2.45) is 5.92 Å². The topological polar surface area (TPSA) is 95.5 Å². The number of alkyl halides is 3. The lowest BCUT2D eigenvalue weighted by molar-refractivity contribution is -0.137. The lowest BCUT2D eigenvalue weighted by Crippen LogP contribution is -2.35. The Balaban J connectivity index is 1.46. The number of benzene rings is 2. The number of hydrogen-bond donors (Lipinski definition) is 3. The van der Waals surface area contributed by atoms with E-state index < -0.39 is 43.7 Å². The summed E-state index contributed by atoms with van der Waals surface area (Å²) in [5, 5.41) is 15.7. The Bertz CT molecular complexity index is 1300. The molecule has 1 saturated carbocycles. The van der Waals surface area contributed by atoms with Gasteiger partial charge in [0, 0.05) is 18.5 Å². The molecule has 39 heavy (non-hydrogen) atoms. The number of carbonyl (C=O) groups excluding carboxylic acids is 1. The molecule has 4 rings (SSSR count). The molecule has 1 unspecified atom stereocenters. The Morgan fingerprint density at radius 1 is 1.08 bits per heavy atom. The van der Waals surface area contributed by atoms with Crippen molar-refractivity contribution in [1.82, 2.24) is 10.6 Å². The Kier molecular flexibility index (Phi) is 8.50. The first-order chi connectivity index (χ1) is 18.1. The maximum absolute atomic E-state index is 13.3. The number of sulfone groups is 1. The van der Waals surface area contributed by atoms with Gasteiger partial charge in [0.15, 0.2) is 9.84 Å². The van der Waals surface area contributed by atoms with Crippen LogP contribution < -0.4 is 10.6 Å². The number of aliphatic hydroxyl groups is 1. The summed E-state index contributed by atoms with van der Waals surface area (Å²) < 4.78 is 66.2. The number of amides is 1. The number of fused-ring (bicyclic) bond motifs is 1.